The summed E-state index contributed by atoms with van der Waals surface area (Å²) in [5.41, 5.74) is 12.4. The number of aromatic nitrogens is 2. The van der Waals surface area contributed by atoms with E-state index in [1.807, 2.05) is 97.1 Å². The van der Waals surface area contributed by atoms with Gasteiger partial charge in [0.2, 0.25) is 0 Å². The normalized spacial score (nSPS) is 11.1. The van der Waals surface area contributed by atoms with Gasteiger partial charge in [-0.15, -0.1) is 0 Å². The van der Waals surface area contributed by atoms with Gasteiger partial charge in [-0.1, -0.05) is 158 Å². The van der Waals surface area contributed by atoms with Crippen LogP contribution >= 0.6 is 0 Å². The summed E-state index contributed by atoms with van der Waals surface area (Å²) in [5.74, 6) is 0.572. The van der Waals surface area contributed by atoms with Crippen molar-refractivity contribution in [3.8, 4) is 73.4 Å². The van der Waals surface area contributed by atoms with E-state index < -0.39 is 0 Å². The standard InChI is InChI=1S/C47H29N3O/c48-30-42-44(31-14-3-1-4-15-31)49-47(32-16-5-2-6-17-32)50-45(42)40-24-8-7-22-37(40)35-20-11-18-33(28-35)34-19-12-21-36(29-34)38-25-13-26-41-39-23-9-10-27-43(39)51-46(38)41/h1-29H. The Morgan fingerprint density at radius 2 is 0.922 bits per heavy atom. The molecule has 0 saturated carbocycles. The lowest BCUT2D eigenvalue weighted by Gasteiger charge is -2.16. The van der Waals surface area contributed by atoms with E-state index in [9.17, 15) is 5.26 Å². The molecule has 9 rings (SSSR count). The zero-order valence-electron chi connectivity index (χ0n) is 27.5. The number of para-hydroxylation sites is 2. The summed E-state index contributed by atoms with van der Waals surface area (Å²) in [5, 5.41) is 12.9. The predicted molar refractivity (Wildman–Crippen MR) is 207 cm³/mol. The third-order valence-electron chi connectivity index (χ3n) is 9.37. The minimum absolute atomic E-state index is 0.442. The van der Waals surface area contributed by atoms with Crippen LogP contribution in [0.1, 0.15) is 5.56 Å². The van der Waals surface area contributed by atoms with E-state index in [-0.39, 0.29) is 0 Å². The van der Waals surface area contributed by atoms with E-state index in [1.54, 1.807) is 0 Å². The molecular formula is C47H29N3O. The second kappa shape index (κ2) is 12.7. The molecule has 51 heavy (non-hydrogen) atoms. The average Bonchev–Trinajstić information content (AvgIpc) is 3.60. The Labute approximate surface area is 295 Å². The Balaban J connectivity index is 1.17. The summed E-state index contributed by atoms with van der Waals surface area (Å²) in [6.45, 7) is 0. The molecule has 2 aromatic heterocycles. The van der Waals surface area contributed by atoms with E-state index in [2.05, 4.69) is 84.9 Å². The van der Waals surface area contributed by atoms with Crippen LogP contribution in [0.3, 0.4) is 0 Å². The molecule has 4 heteroatoms. The number of hydrogen-bond acceptors (Lipinski definition) is 4. The van der Waals surface area contributed by atoms with Crippen LogP contribution in [0.4, 0.5) is 0 Å². The number of fused-ring (bicyclic) bond motifs is 3. The van der Waals surface area contributed by atoms with Gasteiger partial charge in [0, 0.05) is 33.0 Å². The molecule has 0 saturated heterocycles. The van der Waals surface area contributed by atoms with Crippen molar-refractivity contribution in [3.05, 3.63) is 181 Å². The van der Waals surface area contributed by atoms with Gasteiger partial charge in [-0.2, -0.15) is 5.26 Å². The molecule has 0 aliphatic heterocycles. The van der Waals surface area contributed by atoms with Crippen LogP contribution < -0.4 is 0 Å². The van der Waals surface area contributed by atoms with Gasteiger partial charge < -0.3 is 4.42 Å². The number of hydrogen-bond donors (Lipinski definition) is 0. The quantitative estimate of drug-likeness (QED) is 0.179. The second-order valence-corrected chi connectivity index (χ2v) is 12.5. The maximum absolute atomic E-state index is 10.6. The number of nitriles is 1. The molecule has 0 N–H and O–H groups in total. The van der Waals surface area contributed by atoms with Crippen LogP contribution in [0, 0.1) is 11.3 Å². The van der Waals surface area contributed by atoms with Gasteiger partial charge in [-0.3, -0.25) is 0 Å². The van der Waals surface area contributed by atoms with Crippen molar-refractivity contribution < 1.29 is 4.42 Å². The molecule has 0 bridgehead atoms. The molecule has 7 aromatic carbocycles. The summed E-state index contributed by atoms with van der Waals surface area (Å²) < 4.78 is 6.37. The first-order chi connectivity index (χ1) is 25.2. The van der Waals surface area contributed by atoms with Gasteiger partial charge in [-0.05, 0) is 46.0 Å². The number of furan rings is 1. The molecule has 0 fully saturated rings. The summed E-state index contributed by atoms with van der Waals surface area (Å²) in [4.78, 5) is 10.0. The molecule has 4 nitrogen and oxygen atoms in total. The number of nitrogens with zero attached hydrogens (tertiary/aromatic N) is 3. The molecule has 0 radical (unpaired) electrons. The van der Waals surface area contributed by atoms with Crippen LogP contribution in [0.5, 0.6) is 0 Å². The minimum atomic E-state index is 0.442. The molecule has 0 unspecified atom stereocenters. The van der Waals surface area contributed by atoms with Gasteiger partial charge in [-0.25, -0.2) is 9.97 Å². The number of benzene rings is 7. The molecule has 0 spiro atoms. The zero-order valence-corrected chi connectivity index (χ0v) is 27.5. The molecule has 2 heterocycles. The summed E-state index contributed by atoms with van der Waals surface area (Å²) in [7, 11) is 0. The van der Waals surface area contributed by atoms with E-state index in [0.717, 1.165) is 72.0 Å². The maximum atomic E-state index is 10.6. The molecule has 0 atom stereocenters. The van der Waals surface area contributed by atoms with Crippen molar-refractivity contribution in [1.29, 1.82) is 5.26 Å². The highest BCUT2D eigenvalue weighted by Crippen LogP contribution is 2.40. The van der Waals surface area contributed by atoms with Gasteiger partial charge in [0.25, 0.3) is 0 Å². The smallest absolute Gasteiger partial charge is 0.160 e. The van der Waals surface area contributed by atoms with Crippen molar-refractivity contribution in [1.82, 2.24) is 9.97 Å². The van der Waals surface area contributed by atoms with Gasteiger partial charge >= 0.3 is 0 Å². The zero-order chi connectivity index (χ0) is 34.1. The lowest BCUT2D eigenvalue weighted by molar-refractivity contribution is 0.670. The first-order valence-electron chi connectivity index (χ1n) is 16.9. The van der Waals surface area contributed by atoms with Crippen LogP contribution in [-0.4, -0.2) is 9.97 Å². The third kappa shape index (κ3) is 5.44. The van der Waals surface area contributed by atoms with E-state index in [1.165, 1.54) is 0 Å². The van der Waals surface area contributed by atoms with E-state index in [4.69, 9.17) is 14.4 Å². The predicted octanol–water partition coefficient (Wildman–Crippen LogP) is 12.2. The van der Waals surface area contributed by atoms with E-state index in [0.29, 0.717) is 22.8 Å². The summed E-state index contributed by atoms with van der Waals surface area (Å²) >= 11 is 0. The molecule has 238 valence electrons. The Kier molecular flexibility index (Phi) is 7.50. The first-order valence-corrected chi connectivity index (χ1v) is 16.9. The second-order valence-electron chi connectivity index (χ2n) is 12.5. The largest absolute Gasteiger partial charge is 0.455 e. The Hall–Kier alpha value is -7.09. The fourth-order valence-corrected chi connectivity index (χ4v) is 6.93. The first kappa shape index (κ1) is 30.0. The Bertz CT molecular complexity index is 2760. The fourth-order valence-electron chi connectivity index (χ4n) is 6.93. The minimum Gasteiger partial charge on any atom is -0.455 e. The SMILES string of the molecule is N#Cc1c(-c2ccccc2)nc(-c2ccccc2)nc1-c1ccccc1-c1cccc(-c2cccc(-c3cccc4c3oc3ccccc34)c2)c1. The molecule has 9 aromatic rings. The highest BCUT2D eigenvalue weighted by atomic mass is 16.3. The van der Waals surface area contributed by atoms with Crippen molar-refractivity contribution in [2.45, 2.75) is 0 Å². The van der Waals surface area contributed by atoms with Gasteiger partial charge in [0.05, 0.1) is 11.4 Å². The Morgan fingerprint density at radius 1 is 0.412 bits per heavy atom. The third-order valence-corrected chi connectivity index (χ3v) is 9.37. The van der Waals surface area contributed by atoms with Crippen LogP contribution in [0.25, 0.3) is 89.2 Å². The van der Waals surface area contributed by atoms with Crippen molar-refractivity contribution in [2.24, 2.45) is 0 Å². The topological polar surface area (TPSA) is 62.7 Å². The van der Waals surface area contributed by atoms with Crippen molar-refractivity contribution in [3.63, 3.8) is 0 Å². The lowest BCUT2D eigenvalue weighted by Crippen LogP contribution is -2.02. The average molecular weight is 652 g/mol. The molecular weight excluding hydrogens is 623 g/mol. The van der Waals surface area contributed by atoms with E-state index >= 15 is 0 Å². The van der Waals surface area contributed by atoms with Gasteiger partial charge in [0.1, 0.15) is 22.8 Å². The fraction of sp³-hybridized carbons (Fsp3) is 0. The molecule has 0 amide bonds. The monoisotopic (exact) mass is 651 g/mol. The van der Waals surface area contributed by atoms with Crippen LogP contribution in [-0.2, 0) is 0 Å². The molecule has 0 aliphatic carbocycles. The Morgan fingerprint density at radius 3 is 1.65 bits per heavy atom. The summed E-state index contributed by atoms with van der Waals surface area (Å²) in [6, 6.07) is 62.1. The summed E-state index contributed by atoms with van der Waals surface area (Å²) in [6.07, 6.45) is 0. The highest BCUT2D eigenvalue weighted by molar-refractivity contribution is 6.09. The van der Waals surface area contributed by atoms with Crippen molar-refractivity contribution >= 4 is 21.9 Å². The molecule has 0 aliphatic rings. The van der Waals surface area contributed by atoms with Crippen LogP contribution in [0.2, 0.25) is 0 Å². The highest BCUT2D eigenvalue weighted by Gasteiger charge is 2.21. The van der Waals surface area contributed by atoms with Gasteiger partial charge in [0.15, 0.2) is 5.82 Å². The number of rotatable bonds is 6. The van der Waals surface area contributed by atoms with Crippen LogP contribution in [0.15, 0.2) is 180 Å². The maximum Gasteiger partial charge on any atom is 0.160 e. The lowest BCUT2D eigenvalue weighted by atomic mass is 9.91. The van der Waals surface area contributed by atoms with Crippen molar-refractivity contribution in [2.75, 3.05) is 0 Å².